The minimum absolute atomic E-state index is 0.156. The van der Waals surface area contributed by atoms with Crippen molar-refractivity contribution >= 4 is 16.9 Å². The summed E-state index contributed by atoms with van der Waals surface area (Å²) < 4.78 is 6.78. The van der Waals surface area contributed by atoms with Gasteiger partial charge in [0, 0.05) is 24.0 Å². The molecule has 3 aromatic rings. The minimum atomic E-state index is -1.12. The van der Waals surface area contributed by atoms with Gasteiger partial charge in [0.2, 0.25) is 5.76 Å². The molecule has 3 rings (SSSR count). The average molecular weight is 256 g/mol. The van der Waals surface area contributed by atoms with Crippen LogP contribution in [0.4, 0.5) is 0 Å². The van der Waals surface area contributed by atoms with Crippen molar-refractivity contribution in [3.8, 4) is 11.4 Å². The molecule has 2 heterocycles. The van der Waals surface area contributed by atoms with Crippen LogP contribution in [0.1, 0.15) is 16.1 Å². The van der Waals surface area contributed by atoms with E-state index < -0.39 is 5.97 Å². The van der Waals surface area contributed by atoms with Crippen LogP contribution in [0, 0.1) is 6.92 Å². The molecule has 2 aromatic heterocycles. The van der Waals surface area contributed by atoms with Gasteiger partial charge in [0.1, 0.15) is 5.69 Å². The van der Waals surface area contributed by atoms with Crippen LogP contribution < -0.4 is 0 Å². The first-order valence-corrected chi connectivity index (χ1v) is 5.83. The van der Waals surface area contributed by atoms with Gasteiger partial charge in [-0.3, -0.25) is 0 Å². The number of aryl methyl sites for hydroxylation is 2. The molecule has 1 N–H and O–H groups in total. The summed E-state index contributed by atoms with van der Waals surface area (Å²) in [6.45, 7) is 2.04. The number of carboxylic acid groups (broad SMARTS) is 1. The standard InChI is InChI=1S/C14H12N2O3/c1-8-4-3-5-11-9(8)6-12(16(11)2)10-7-13(14(17)18)19-15-10/h3-7H,1-2H3,(H,17,18). The number of hydrogen-bond donors (Lipinski definition) is 1. The fraction of sp³-hybridized carbons (Fsp3) is 0.143. The average Bonchev–Trinajstić information content (AvgIpc) is 2.96. The highest BCUT2D eigenvalue weighted by Gasteiger charge is 2.16. The fourth-order valence-corrected chi connectivity index (χ4v) is 2.25. The number of aromatic nitrogens is 2. The summed E-state index contributed by atoms with van der Waals surface area (Å²) in [5, 5.41) is 13.8. The molecule has 0 unspecified atom stereocenters. The van der Waals surface area contributed by atoms with Gasteiger partial charge in [-0.15, -0.1) is 0 Å². The van der Waals surface area contributed by atoms with Gasteiger partial charge in [-0.2, -0.15) is 0 Å². The zero-order valence-corrected chi connectivity index (χ0v) is 10.5. The first-order valence-electron chi connectivity index (χ1n) is 5.83. The molecule has 0 amide bonds. The molecule has 0 aliphatic carbocycles. The minimum Gasteiger partial charge on any atom is -0.475 e. The Morgan fingerprint density at radius 1 is 1.37 bits per heavy atom. The lowest BCUT2D eigenvalue weighted by molar-refractivity contribution is 0.0652. The van der Waals surface area contributed by atoms with Gasteiger partial charge in [-0.05, 0) is 24.6 Å². The van der Waals surface area contributed by atoms with Crippen molar-refractivity contribution in [3.63, 3.8) is 0 Å². The van der Waals surface area contributed by atoms with Crippen LogP contribution in [0.25, 0.3) is 22.3 Å². The van der Waals surface area contributed by atoms with Crippen molar-refractivity contribution in [2.45, 2.75) is 6.92 Å². The van der Waals surface area contributed by atoms with Crippen molar-refractivity contribution in [3.05, 3.63) is 41.7 Å². The molecule has 5 heteroatoms. The van der Waals surface area contributed by atoms with E-state index in [-0.39, 0.29) is 5.76 Å². The van der Waals surface area contributed by atoms with Crippen molar-refractivity contribution in [2.24, 2.45) is 7.05 Å². The monoisotopic (exact) mass is 256 g/mol. The van der Waals surface area contributed by atoms with Gasteiger partial charge >= 0.3 is 5.97 Å². The van der Waals surface area contributed by atoms with Crippen LogP contribution in [0.2, 0.25) is 0 Å². The number of carbonyl (C=O) groups is 1. The molecule has 1 aromatic carbocycles. The number of rotatable bonds is 2. The highest BCUT2D eigenvalue weighted by atomic mass is 16.5. The molecule has 0 bridgehead atoms. The maximum absolute atomic E-state index is 10.8. The van der Waals surface area contributed by atoms with E-state index in [4.69, 9.17) is 9.63 Å². The molecule has 0 aliphatic heterocycles. The quantitative estimate of drug-likeness (QED) is 0.765. The lowest BCUT2D eigenvalue weighted by Crippen LogP contribution is -1.92. The Morgan fingerprint density at radius 3 is 2.79 bits per heavy atom. The number of nitrogens with zero attached hydrogens (tertiary/aromatic N) is 2. The van der Waals surface area contributed by atoms with Gasteiger partial charge in [-0.1, -0.05) is 17.3 Å². The lowest BCUT2D eigenvalue weighted by Gasteiger charge is -2.00. The van der Waals surface area contributed by atoms with E-state index in [0.29, 0.717) is 5.69 Å². The summed E-state index contributed by atoms with van der Waals surface area (Å²) in [5.41, 5.74) is 3.60. The number of fused-ring (bicyclic) bond motifs is 1. The summed E-state index contributed by atoms with van der Waals surface area (Å²) in [7, 11) is 1.92. The third-order valence-corrected chi connectivity index (χ3v) is 3.29. The number of benzene rings is 1. The second-order valence-corrected chi connectivity index (χ2v) is 4.48. The lowest BCUT2D eigenvalue weighted by atomic mass is 10.1. The van der Waals surface area contributed by atoms with Crippen LogP contribution in [-0.2, 0) is 7.05 Å². The van der Waals surface area contributed by atoms with Crippen LogP contribution >= 0.6 is 0 Å². The summed E-state index contributed by atoms with van der Waals surface area (Å²) in [6.07, 6.45) is 0. The molecule has 0 saturated carbocycles. The summed E-state index contributed by atoms with van der Waals surface area (Å²) >= 11 is 0. The second-order valence-electron chi connectivity index (χ2n) is 4.48. The maximum Gasteiger partial charge on any atom is 0.374 e. The predicted molar refractivity (Wildman–Crippen MR) is 70.1 cm³/mol. The molecule has 0 atom stereocenters. The van der Waals surface area contributed by atoms with Crippen molar-refractivity contribution in [1.82, 2.24) is 9.72 Å². The Hall–Kier alpha value is -2.56. The van der Waals surface area contributed by atoms with E-state index in [1.807, 2.05) is 42.8 Å². The Balaban J connectivity index is 2.22. The third-order valence-electron chi connectivity index (χ3n) is 3.29. The fourth-order valence-electron chi connectivity index (χ4n) is 2.25. The SMILES string of the molecule is Cc1cccc2c1cc(-c1cc(C(=O)O)on1)n2C. The van der Waals surface area contributed by atoms with Gasteiger partial charge in [0.15, 0.2) is 0 Å². The second kappa shape index (κ2) is 3.98. The summed E-state index contributed by atoms with van der Waals surface area (Å²) in [6, 6.07) is 9.48. The topological polar surface area (TPSA) is 68.3 Å². The van der Waals surface area contributed by atoms with Crippen LogP contribution in [0.3, 0.4) is 0 Å². The van der Waals surface area contributed by atoms with Crippen molar-refractivity contribution in [2.75, 3.05) is 0 Å². The summed E-state index contributed by atoms with van der Waals surface area (Å²) in [4.78, 5) is 10.8. The molecular formula is C14H12N2O3. The zero-order chi connectivity index (χ0) is 13.6. The Labute approximate surface area is 109 Å². The molecule has 19 heavy (non-hydrogen) atoms. The number of carboxylic acids is 1. The van der Waals surface area contributed by atoms with E-state index in [2.05, 4.69) is 5.16 Å². The van der Waals surface area contributed by atoms with Crippen molar-refractivity contribution < 1.29 is 14.4 Å². The maximum atomic E-state index is 10.8. The van der Waals surface area contributed by atoms with E-state index in [1.165, 1.54) is 11.6 Å². The van der Waals surface area contributed by atoms with Gasteiger partial charge in [0.05, 0.1) is 5.69 Å². The van der Waals surface area contributed by atoms with Crippen LogP contribution in [-0.4, -0.2) is 20.8 Å². The molecule has 0 aliphatic rings. The normalized spacial score (nSPS) is 11.1. The smallest absolute Gasteiger partial charge is 0.374 e. The van der Waals surface area contributed by atoms with E-state index in [1.54, 1.807) is 0 Å². The highest BCUT2D eigenvalue weighted by Crippen LogP contribution is 2.28. The van der Waals surface area contributed by atoms with E-state index in [0.717, 1.165) is 16.6 Å². The molecule has 0 radical (unpaired) electrons. The van der Waals surface area contributed by atoms with Crippen LogP contribution in [0.5, 0.6) is 0 Å². The first kappa shape index (κ1) is 11.5. The third kappa shape index (κ3) is 1.71. The Morgan fingerprint density at radius 2 is 2.16 bits per heavy atom. The molecular weight excluding hydrogens is 244 g/mol. The Kier molecular flexibility index (Phi) is 2.41. The largest absolute Gasteiger partial charge is 0.475 e. The van der Waals surface area contributed by atoms with Crippen molar-refractivity contribution in [1.29, 1.82) is 0 Å². The molecule has 0 saturated heterocycles. The number of aromatic carboxylic acids is 1. The summed E-state index contributed by atoms with van der Waals surface area (Å²) in [5.74, 6) is -1.27. The Bertz CT molecular complexity index is 783. The first-order chi connectivity index (χ1) is 9.08. The van der Waals surface area contributed by atoms with E-state index in [9.17, 15) is 4.79 Å². The van der Waals surface area contributed by atoms with Gasteiger partial charge in [-0.25, -0.2) is 4.79 Å². The van der Waals surface area contributed by atoms with E-state index >= 15 is 0 Å². The van der Waals surface area contributed by atoms with Crippen LogP contribution in [0.15, 0.2) is 34.9 Å². The predicted octanol–water partition coefficient (Wildman–Crippen LogP) is 2.84. The highest BCUT2D eigenvalue weighted by molar-refractivity contribution is 5.90. The zero-order valence-electron chi connectivity index (χ0n) is 10.5. The number of hydrogen-bond acceptors (Lipinski definition) is 3. The molecule has 0 fully saturated rings. The molecule has 5 nitrogen and oxygen atoms in total. The molecule has 0 spiro atoms. The molecule has 96 valence electrons. The van der Waals surface area contributed by atoms with Gasteiger partial charge in [0.25, 0.3) is 0 Å². The van der Waals surface area contributed by atoms with Gasteiger partial charge < -0.3 is 14.2 Å².